The number of ketones is 1. The van der Waals surface area contributed by atoms with E-state index in [1.807, 2.05) is 31.2 Å². The van der Waals surface area contributed by atoms with Crippen molar-refractivity contribution < 1.29 is 4.79 Å². The number of hydrogen-bond acceptors (Lipinski definition) is 2. The van der Waals surface area contributed by atoms with Crippen LogP contribution >= 0.6 is 23.4 Å². The maximum Gasteiger partial charge on any atom is 0.159 e. The van der Waals surface area contributed by atoms with Gasteiger partial charge in [0, 0.05) is 21.9 Å². The lowest BCUT2D eigenvalue weighted by atomic mass is 9.99. The van der Waals surface area contributed by atoms with Gasteiger partial charge in [0.2, 0.25) is 0 Å². The van der Waals surface area contributed by atoms with Crippen LogP contribution in [0.3, 0.4) is 0 Å². The third-order valence-electron chi connectivity index (χ3n) is 2.68. The van der Waals surface area contributed by atoms with Crippen LogP contribution in [0, 0.1) is 0 Å². The van der Waals surface area contributed by atoms with Crippen LogP contribution in [0.25, 0.3) is 0 Å². The number of hydrogen-bond donors (Lipinski definition) is 0. The highest BCUT2D eigenvalue weighted by Gasteiger charge is 2.17. The van der Waals surface area contributed by atoms with Crippen molar-refractivity contribution in [3.63, 3.8) is 0 Å². The molecule has 0 spiro atoms. The average molecular weight is 253 g/mol. The SMILES string of the molecule is CC1=C(Sc2cccc(Cl)c2)CCCC1=O. The van der Waals surface area contributed by atoms with E-state index < -0.39 is 0 Å². The van der Waals surface area contributed by atoms with E-state index in [-0.39, 0.29) is 5.78 Å². The van der Waals surface area contributed by atoms with Crippen LogP contribution in [0.15, 0.2) is 39.6 Å². The Hall–Kier alpha value is -0.730. The van der Waals surface area contributed by atoms with Crippen molar-refractivity contribution in [3.8, 4) is 0 Å². The zero-order chi connectivity index (χ0) is 11.5. The summed E-state index contributed by atoms with van der Waals surface area (Å²) in [6.07, 6.45) is 2.68. The third-order valence-corrected chi connectivity index (χ3v) is 4.16. The molecule has 1 aromatic rings. The number of allylic oxidation sites excluding steroid dienone is 2. The predicted octanol–water partition coefficient (Wildman–Crippen LogP) is 4.46. The number of Topliss-reactive ketones (excluding diaryl/α,β-unsaturated/α-hetero) is 1. The van der Waals surface area contributed by atoms with Crippen molar-refractivity contribution in [3.05, 3.63) is 39.8 Å². The monoisotopic (exact) mass is 252 g/mol. The van der Waals surface area contributed by atoms with Crippen molar-refractivity contribution in [1.29, 1.82) is 0 Å². The van der Waals surface area contributed by atoms with Crippen molar-refractivity contribution in [1.82, 2.24) is 0 Å². The maximum atomic E-state index is 11.6. The number of thioether (sulfide) groups is 1. The van der Waals surface area contributed by atoms with Crippen LogP contribution in [-0.2, 0) is 4.79 Å². The minimum atomic E-state index is 0.288. The van der Waals surface area contributed by atoms with Crippen molar-refractivity contribution >= 4 is 29.1 Å². The zero-order valence-corrected chi connectivity index (χ0v) is 10.7. The molecule has 0 saturated carbocycles. The van der Waals surface area contributed by atoms with E-state index in [2.05, 4.69) is 0 Å². The largest absolute Gasteiger partial charge is 0.295 e. The Kier molecular flexibility index (Phi) is 3.72. The molecule has 0 aliphatic heterocycles. The molecule has 1 aliphatic rings. The van der Waals surface area contributed by atoms with E-state index in [1.165, 1.54) is 4.91 Å². The molecular weight excluding hydrogens is 240 g/mol. The van der Waals surface area contributed by atoms with Gasteiger partial charge < -0.3 is 0 Å². The van der Waals surface area contributed by atoms with Gasteiger partial charge in [-0.2, -0.15) is 0 Å². The molecule has 16 heavy (non-hydrogen) atoms. The molecule has 2 rings (SSSR count). The van der Waals surface area contributed by atoms with E-state index in [1.54, 1.807) is 11.8 Å². The Morgan fingerprint density at radius 3 is 2.88 bits per heavy atom. The zero-order valence-electron chi connectivity index (χ0n) is 9.13. The number of carbonyl (C=O) groups is 1. The number of halogens is 1. The average Bonchev–Trinajstić information content (AvgIpc) is 2.25. The quantitative estimate of drug-likeness (QED) is 0.773. The number of rotatable bonds is 2. The van der Waals surface area contributed by atoms with Crippen LogP contribution in [0.4, 0.5) is 0 Å². The first-order valence-electron chi connectivity index (χ1n) is 5.33. The first-order chi connectivity index (χ1) is 7.66. The van der Waals surface area contributed by atoms with Gasteiger partial charge in [-0.1, -0.05) is 29.4 Å². The summed E-state index contributed by atoms with van der Waals surface area (Å²) >= 11 is 7.60. The van der Waals surface area contributed by atoms with Gasteiger partial charge in [0.1, 0.15) is 0 Å². The van der Waals surface area contributed by atoms with E-state index in [0.717, 1.165) is 28.3 Å². The van der Waals surface area contributed by atoms with Crippen LogP contribution in [0.5, 0.6) is 0 Å². The van der Waals surface area contributed by atoms with E-state index in [0.29, 0.717) is 6.42 Å². The molecule has 0 bridgehead atoms. The van der Waals surface area contributed by atoms with Crippen molar-refractivity contribution in [2.45, 2.75) is 31.1 Å². The molecule has 1 aliphatic carbocycles. The first-order valence-corrected chi connectivity index (χ1v) is 6.52. The Bertz CT molecular complexity index is 451. The second-order valence-electron chi connectivity index (χ2n) is 3.88. The van der Waals surface area contributed by atoms with Gasteiger partial charge >= 0.3 is 0 Å². The summed E-state index contributed by atoms with van der Waals surface area (Å²) in [4.78, 5) is 13.9. The lowest BCUT2D eigenvalue weighted by Gasteiger charge is -2.16. The molecule has 84 valence electrons. The first kappa shape index (κ1) is 11.7. The summed E-state index contributed by atoms with van der Waals surface area (Å²) in [5.74, 6) is 0.288. The molecule has 0 unspecified atom stereocenters. The second kappa shape index (κ2) is 5.07. The van der Waals surface area contributed by atoms with Gasteiger partial charge in [-0.3, -0.25) is 4.79 Å². The van der Waals surface area contributed by atoms with Gasteiger partial charge in [-0.25, -0.2) is 0 Å². The molecule has 1 aromatic carbocycles. The molecule has 0 saturated heterocycles. The molecule has 0 atom stereocenters. The molecule has 3 heteroatoms. The molecule has 0 aromatic heterocycles. The van der Waals surface area contributed by atoms with Crippen molar-refractivity contribution in [2.24, 2.45) is 0 Å². The minimum Gasteiger partial charge on any atom is -0.295 e. The highest BCUT2D eigenvalue weighted by molar-refractivity contribution is 8.03. The van der Waals surface area contributed by atoms with Gasteiger partial charge in [-0.15, -0.1) is 0 Å². The van der Waals surface area contributed by atoms with Gasteiger partial charge in [-0.05, 0) is 42.9 Å². The highest BCUT2D eigenvalue weighted by Crippen LogP contribution is 2.36. The van der Waals surface area contributed by atoms with Crippen molar-refractivity contribution in [2.75, 3.05) is 0 Å². The molecule has 0 radical (unpaired) electrons. The smallest absolute Gasteiger partial charge is 0.159 e. The van der Waals surface area contributed by atoms with Crippen LogP contribution < -0.4 is 0 Å². The Morgan fingerprint density at radius 2 is 2.12 bits per heavy atom. The fourth-order valence-electron chi connectivity index (χ4n) is 1.74. The summed E-state index contributed by atoms with van der Waals surface area (Å²) in [6, 6.07) is 7.76. The molecule has 0 heterocycles. The number of benzene rings is 1. The van der Waals surface area contributed by atoms with Crippen LogP contribution in [0.2, 0.25) is 5.02 Å². The third kappa shape index (κ3) is 2.69. The molecule has 0 amide bonds. The molecule has 0 fully saturated rings. The summed E-state index contributed by atoms with van der Waals surface area (Å²) < 4.78 is 0. The fraction of sp³-hybridized carbons (Fsp3) is 0.308. The predicted molar refractivity (Wildman–Crippen MR) is 68.9 cm³/mol. The second-order valence-corrected chi connectivity index (χ2v) is 5.49. The Balaban J connectivity index is 2.21. The highest BCUT2D eigenvalue weighted by atomic mass is 35.5. The summed E-state index contributed by atoms with van der Waals surface area (Å²) in [5, 5.41) is 0.741. The normalized spacial score (nSPS) is 16.8. The molecule has 1 nitrogen and oxygen atoms in total. The maximum absolute atomic E-state index is 11.6. The van der Waals surface area contributed by atoms with E-state index in [9.17, 15) is 4.79 Å². The standard InChI is InChI=1S/C13H13ClOS/c1-9-12(15)6-3-7-13(9)16-11-5-2-4-10(14)8-11/h2,4-5,8H,3,6-7H2,1H3. The van der Waals surface area contributed by atoms with Gasteiger partial charge in [0.25, 0.3) is 0 Å². The lowest BCUT2D eigenvalue weighted by molar-refractivity contribution is -0.115. The van der Waals surface area contributed by atoms with Crippen LogP contribution in [-0.4, -0.2) is 5.78 Å². The Morgan fingerprint density at radius 1 is 1.31 bits per heavy atom. The number of carbonyl (C=O) groups excluding carboxylic acids is 1. The fourth-order valence-corrected chi connectivity index (χ4v) is 3.13. The molecular formula is C13H13ClOS. The summed E-state index contributed by atoms with van der Waals surface area (Å²) in [6.45, 7) is 1.92. The summed E-state index contributed by atoms with van der Waals surface area (Å²) in [7, 11) is 0. The topological polar surface area (TPSA) is 17.1 Å². The van der Waals surface area contributed by atoms with E-state index in [4.69, 9.17) is 11.6 Å². The van der Waals surface area contributed by atoms with Crippen LogP contribution in [0.1, 0.15) is 26.2 Å². The van der Waals surface area contributed by atoms with Gasteiger partial charge in [0.05, 0.1) is 0 Å². The minimum absolute atomic E-state index is 0.288. The summed E-state index contributed by atoms with van der Waals surface area (Å²) in [5.41, 5.74) is 0.927. The van der Waals surface area contributed by atoms with Gasteiger partial charge in [0.15, 0.2) is 5.78 Å². The molecule has 0 N–H and O–H groups in total. The van der Waals surface area contributed by atoms with E-state index >= 15 is 0 Å². The lowest BCUT2D eigenvalue weighted by Crippen LogP contribution is -2.07. The Labute approximate surface area is 105 Å².